The summed E-state index contributed by atoms with van der Waals surface area (Å²) < 4.78 is 11.6. The number of rotatable bonds is 6. The van der Waals surface area contributed by atoms with Gasteiger partial charge in [-0.25, -0.2) is 9.79 Å². The third-order valence-electron chi connectivity index (χ3n) is 5.37. The molecule has 0 saturated carbocycles. The zero-order chi connectivity index (χ0) is 22.5. The zero-order valence-electron chi connectivity index (χ0n) is 17.9. The van der Waals surface area contributed by atoms with E-state index in [1.54, 1.807) is 6.26 Å². The van der Waals surface area contributed by atoms with E-state index in [0.29, 0.717) is 24.6 Å². The number of hydrogen-bond donors (Lipinski definition) is 1. The third-order valence-corrected chi connectivity index (χ3v) is 5.90. The summed E-state index contributed by atoms with van der Waals surface area (Å²) in [5.74, 6) is 1.06. The fraction of sp³-hybridized carbons (Fsp3) is 0.200. The summed E-state index contributed by atoms with van der Waals surface area (Å²) in [5, 5.41) is 3.48. The molecule has 0 aliphatic carbocycles. The summed E-state index contributed by atoms with van der Waals surface area (Å²) in [7, 11) is 1.41. The summed E-state index contributed by atoms with van der Waals surface area (Å²) in [6.07, 6.45) is 1.64. The lowest BCUT2D eigenvalue weighted by Gasteiger charge is -2.38. The Kier molecular flexibility index (Phi) is 6.75. The van der Waals surface area contributed by atoms with E-state index in [0.717, 1.165) is 27.1 Å². The predicted octanol–water partition coefficient (Wildman–Crippen LogP) is 5.19. The maximum atomic E-state index is 12.9. The van der Waals surface area contributed by atoms with Crippen molar-refractivity contribution >= 4 is 27.9 Å². The monoisotopic (exact) mass is 493 g/mol. The molecule has 32 heavy (non-hydrogen) atoms. The quantitative estimate of drug-likeness (QED) is 0.478. The molecule has 164 valence electrons. The Morgan fingerprint density at radius 1 is 1.12 bits per heavy atom. The molecular weight excluding hydrogens is 470 g/mol. The lowest BCUT2D eigenvalue weighted by Crippen LogP contribution is -2.48. The number of allylic oxidation sites excluding steroid dienone is 1. The minimum Gasteiger partial charge on any atom is -0.467 e. The van der Waals surface area contributed by atoms with Crippen molar-refractivity contribution in [1.82, 2.24) is 10.2 Å². The first-order valence-electron chi connectivity index (χ1n) is 10.3. The highest BCUT2D eigenvalue weighted by Crippen LogP contribution is 2.33. The number of methoxy groups -OCH3 is 1. The average Bonchev–Trinajstić information content (AvgIpc) is 3.34. The summed E-state index contributed by atoms with van der Waals surface area (Å²) in [5.41, 5.74) is 3.40. The molecule has 1 atom stereocenters. The lowest BCUT2D eigenvalue weighted by atomic mass is 9.94. The number of hydrogen-bond acceptors (Lipinski definition) is 4. The maximum absolute atomic E-state index is 12.9. The SMILES string of the molecule is COC(=O)C1=C(C)N(Cc2ccccc2)C(=NCc2ccco2)N[C@H]1c1ccc(Br)cc1. The molecule has 1 N–H and O–H groups in total. The Morgan fingerprint density at radius 3 is 2.53 bits per heavy atom. The van der Waals surface area contributed by atoms with Gasteiger partial charge in [-0.05, 0) is 42.3 Å². The molecule has 7 heteroatoms. The molecule has 6 nitrogen and oxygen atoms in total. The van der Waals surface area contributed by atoms with Crippen molar-refractivity contribution in [2.75, 3.05) is 7.11 Å². The second kappa shape index (κ2) is 9.87. The molecule has 0 saturated heterocycles. The normalized spacial score (nSPS) is 17.4. The topological polar surface area (TPSA) is 67.1 Å². The van der Waals surface area contributed by atoms with Crippen LogP contribution >= 0.6 is 15.9 Å². The largest absolute Gasteiger partial charge is 0.467 e. The molecule has 3 aromatic rings. The number of esters is 1. The molecule has 1 aliphatic heterocycles. The molecule has 2 aromatic carbocycles. The number of nitrogens with one attached hydrogen (secondary N) is 1. The van der Waals surface area contributed by atoms with Gasteiger partial charge in [-0.3, -0.25) is 0 Å². The van der Waals surface area contributed by atoms with Gasteiger partial charge >= 0.3 is 5.97 Å². The smallest absolute Gasteiger partial charge is 0.337 e. The van der Waals surface area contributed by atoms with Gasteiger partial charge in [0.15, 0.2) is 5.96 Å². The summed E-state index contributed by atoms with van der Waals surface area (Å²) in [6.45, 7) is 2.88. The van der Waals surface area contributed by atoms with Crippen LogP contribution in [0.4, 0.5) is 0 Å². The van der Waals surface area contributed by atoms with Gasteiger partial charge in [0, 0.05) is 10.2 Å². The van der Waals surface area contributed by atoms with Crippen LogP contribution in [0, 0.1) is 0 Å². The molecule has 0 radical (unpaired) electrons. The van der Waals surface area contributed by atoms with Crippen molar-refractivity contribution < 1.29 is 13.9 Å². The Balaban J connectivity index is 1.79. The molecule has 0 amide bonds. The Bertz CT molecular complexity index is 1120. The van der Waals surface area contributed by atoms with Crippen molar-refractivity contribution in [3.05, 3.63) is 106 Å². The van der Waals surface area contributed by atoms with E-state index < -0.39 is 6.04 Å². The summed E-state index contributed by atoms with van der Waals surface area (Å²) in [4.78, 5) is 19.7. The number of ether oxygens (including phenoxy) is 1. The molecule has 0 fully saturated rings. The van der Waals surface area contributed by atoms with E-state index in [9.17, 15) is 4.79 Å². The molecular formula is C25H24BrN3O3. The Hall–Kier alpha value is -3.32. The van der Waals surface area contributed by atoms with Crippen LogP contribution in [0.5, 0.6) is 0 Å². The van der Waals surface area contributed by atoms with Crippen molar-refractivity contribution in [1.29, 1.82) is 0 Å². The number of nitrogens with zero attached hydrogens (tertiary/aromatic N) is 2. The van der Waals surface area contributed by atoms with Crippen LogP contribution in [0.15, 0.2) is 98.1 Å². The lowest BCUT2D eigenvalue weighted by molar-refractivity contribution is -0.136. The zero-order valence-corrected chi connectivity index (χ0v) is 19.5. The van der Waals surface area contributed by atoms with E-state index >= 15 is 0 Å². The van der Waals surface area contributed by atoms with Crippen LogP contribution in [-0.4, -0.2) is 23.9 Å². The van der Waals surface area contributed by atoms with Gasteiger partial charge in [-0.1, -0.05) is 58.4 Å². The molecule has 2 heterocycles. The number of aliphatic imine (C=N–C) groups is 1. The van der Waals surface area contributed by atoms with Crippen LogP contribution in [0.1, 0.15) is 29.9 Å². The summed E-state index contributed by atoms with van der Waals surface area (Å²) in [6, 6.07) is 21.3. The van der Waals surface area contributed by atoms with Gasteiger partial charge in [0.1, 0.15) is 12.3 Å². The van der Waals surface area contributed by atoms with E-state index in [1.165, 1.54) is 7.11 Å². The fourth-order valence-corrected chi connectivity index (χ4v) is 3.98. The average molecular weight is 494 g/mol. The minimum atomic E-state index is -0.391. The van der Waals surface area contributed by atoms with E-state index in [4.69, 9.17) is 14.1 Å². The van der Waals surface area contributed by atoms with Gasteiger partial charge in [-0.15, -0.1) is 0 Å². The standard InChI is InChI=1S/C25H24BrN3O3/c1-17-22(24(30)31-2)23(19-10-12-20(26)13-11-19)28-25(27-15-21-9-6-14-32-21)29(17)16-18-7-4-3-5-8-18/h3-14,23H,15-16H2,1-2H3,(H,27,28)/t23-/m0/s1. The van der Waals surface area contributed by atoms with Crippen molar-refractivity contribution in [2.45, 2.75) is 26.1 Å². The van der Waals surface area contributed by atoms with Crippen LogP contribution in [0.3, 0.4) is 0 Å². The second-order valence-electron chi connectivity index (χ2n) is 7.41. The van der Waals surface area contributed by atoms with Crippen molar-refractivity contribution in [3.63, 3.8) is 0 Å². The molecule has 0 unspecified atom stereocenters. The highest BCUT2D eigenvalue weighted by atomic mass is 79.9. The number of furan rings is 1. The number of halogens is 1. The first-order chi connectivity index (χ1) is 15.6. The van der Waals surface area contributed by atoms with E-state index in [2.05, 4.69) is 33.4 Å². The van der Waals surface area contributed by atoms with Crippen molar-refractivity contribution in [3.8, 4) is 0 Å². The maximum Gasteiger partial charge on any atom is 0.337 e. The molecule has 0 bridgehead atoms. The number of carbonyl (C=O) groups excluding carboxylic acids is 1. The molecule has 0 spiro atoms. The molecule has 1 aromatic heterocycles. The first kappa shape index (κ1) is 21.9. The molecule has 1 aliphatic rings. The third kappa shape index (κ3) is 4.78. The fourth-order valence-electron chi connectivity index (χ4n) is 3.72. The first-order valence-corrected chi connectivity index (χ1v) is 11.1. The molecule has 4 rings (SSSR count). The van der Waals surface area contributed by atoms with Crippen LogP contribution < -0.4 is 5.32 Å². The van der Waals surface area contributed by atoms with Crippen LogP contribution in [0.2, 0.25) is 0 Å². The number of guanidine groups is 1. The van der Waals surface area contributed by atoms with Crippen molar-refractivity contribution in [2.24, 2.45) is 4.99 Å². The Labute approximate surface area is 195 Å². The minimum absolute atomic E-state index is 0.369. The van der Waals surface area contributed by atoms with Gasteiger partial charge < -0.3 is 19.4 Å². The second-order valence-corrected chi connectivity index (χ2v) is 8.33. The van der Waals surface area contributed by atoms with Gasteiger partial charge in [0.2, 0.25) is 0 Å². The van der Waals surface area contributed by atoms with Crippen LogP contribution in [-0.2, 0) is 22.6 Å². The van der Waals surface area contributed by atoms with E-state index in [-0.39, 0.29) is 5.97 Å². The van der Waals surface area contributed by atoms with Gasteiger partial charge in [0.25, 0.3) is 0 Å². The van der Waals surface area contributed by atoms with E-state index in [1.807, 2.05) is 66.4 Å². The van der Waals surface area contributed by atoms with Gasteiger partial charge in [-0.2, -0.15) is 0 Å². The summed E-state index contributed by atoms with van der Waals surface area (Å²) >= 11 is 3.48. The highest BCUT2D eigenvalue weighted by Gasteiger charge is 2.35. The Morgan fingerprint density at radius 2 is 1.88 bits per heavy atom. The van der Waals surface area contributed by atoms with Gasteiger partial charge in [0.05, 0.1) is 31.5 Å². The predicted molar refractivity (Wildman–Crippen MR) is 127 cm³/mol. The highest BCUT2D eigenvalue weighted by molar-refractivity contribution is 9.10. The van der Waals surface area contributed by atoms with Crippen LogP contribution in [0.25, 0.3) is 0 Å². The number of carbonyl (C=O) groups is 1. The number of benzene rings is 2.